The van der Waals surface area contributed by atoms with E-state index in [-0.39, 0.29) is 5.75 Å². The molecule has 0 spiro atoms. The molecule has 1 saturated carbocycles. The Labute approximate surface area is 86.5 Å². The second-order valence-electron chi connectivity index (χ2n) is 3.71. The summed E-state index contributed by atoms with van der Waals surface area (Å²) < 4.78 is 31.3. The number of hydrogen-bond acceptors (Lipinski definition) is 2. The van der Waals surface area contributed by atoms with E-state index >= 15 is 0 Å². The summed E-state index contributed by atoms with van der Waals surface area (Å²) in [7, 11) is 0. The van der Waals surface area contributed by atoms with Crippen molar-refractivity contribution in [2.45, 2.75) is 31.5 Å². The second-order valence-corrected chi connectivity index (χ2v) is 3.71. The van der Waals surface area contributed by atoms with Crippen LogP contribution in [0.4, 0.5) is 8.78 Å². The van der Waals surface area contributed by atoms with Crippen LogP contribution in [0.2, 0.25) is 0 Å². The van der Waals surface area contributed by atoms with Gasteiger partial charge in [-0.1, -0.05) is 6.07 Å². The van der Waals surface area contributed by atoms with Crippen molar-refractivity contribution in [3.8, 4) is 5.75 Å². The van der Waals surface area contributed by atoms with Crippen LogP contribution in [0.5, 0.6) is 5.75 Å². The van der Waals surface area contributed by atoms with Gasteiger partial charge in [0.25, 0.3) is 0 Å². The number of aliphatic hydroxyl groups is 1. The Morgan fingerprint density at radius 3 is 2.73 bits per heavy atom. The average Bonchev–Trinajstić information content (AvgIpc) is 2.60. The zero-order valence-electron chi connectivity index (χ0n) is 8.12. The van der Waals surface area contributed by atoms with Gasteiger partial charge in [-0.3, -0.25) is 0 Å². The van der Waals surface area contributed by atoms with Crippen molar-refractivity contribution in [3.05, 3.63) is 29.8 Å². The van der Waals surface area contributed by atoms with E-state index in [0.29, 0.717) is 12.8 Å². The van der Waals surface area contributed by atoms with Crippen LogP contribution in [0.15, 0.2) is 18.2 Å². The Bertz CT molecular complexity index is 354. The first-order chi connectivity index (χ1) is 7.18. The summed E-state index contributed by atoms with van der Waals surface area (Å²) >= 11 is 0. The Balaban J connectivity index is 2.13. The van der Waals surface area contributed by atoms with E-state index in [1.807, 2.05) is 0 Å². The normalized spacial score (nSPS) is 25.5. The first-order valence-electron chi connectivity index (χ1n) is 4.97. The van der Waals surface area contributed by atoms with Crippen molar-refractivity contribution < 1.29 is 18.6 Å². The molecular formula is C11H12F2O2. The smallest absolute Gasteiger partial charge is 0.200 e. The number of hydrogen-bond donors (Lipinski definition) is 1. The van der Waals surface area contributed by atoms with Gasteiger partial charge >= 0.3 is 0 Å². The lowest BCUT2D eigenvalue weighted by Crippen LogP contribution is -2.26. The summed E-state index contributed by atoms with van der Waals surface area (Å²) in [6.07, 6.45) is 1.19. The molecule has 0 aromatic heterocycles. The average molecular weight is 214 g/mol. The Morgan fingerprint density at radius 2 is 2.07 bits per heavy atom. The van der Waals surface area contributed by atoms with Crippen molar-refractivity contribution in [1.82, 2.24) is 0 Å². The SMILES string of the molecule is O[C@@H]1CCC[C@H]1Oc1cccc(F)c1F. The van der Waals surface area contributed by atoms with Gasteiger partial charge in [0.1, 0.15) is 6.10 Å². The zero-order valence-corrected chi connectivity index (χ0v) is 8.12. The molecule has 0 saturated heterocycles. The van der Waals surface area contributed by atoms with Crippen LogP contribution in [-0.2, 0) is 0 Å². The van der Waals surface area contributed by atoms with Gasteiger partial charge in [0, 0.05) is 0 Å². The summed E-state index contributed by atoms with van der Waals surface area (Å²) in [5.74, 6) is -2.04. The van der Waals surface area contributed by atoms with E-state index in [1.54, 1.807) is 0 Å². The van der Waals surface area contributed by atoms with Crippen molar-refractivity contribution >= 4 is 0 Å². The first-order valence-corrected chi connectivity index (χ1v) is 4.97. The topological polar surface area (TPSA) is 29.5 Å². The van der Waals surface area contributed by atoms with Gasteiger partial charge < -0.3 is 9.84 Å². The van der Waals surface area contributed by atoms with Gasteiger partial charge in [-0.05, 0) is 31.4 Å². The van der Waals surface area contributed by atoms with Crippen LogP contribution in [0.1, 0.15) is 19.3 Å². The maximum Gasteiger partial charge on any atom is 0.200 e. The fourth-order valence-electron chi connectivity index (χ4n) is 1.78. The number of ether oxygens (including phenoxy) is 1. The lowest BCUT2D eigenvalue weighted by molar-refractivity contribution is 0.0574. The zero-order chi connectivity index (χ0) is 10.8. The lowest BCUT2D eigenvalue weighted by atomic mass is 10.2. The highest BCUT2D eigenvalue weighted by molar-refractivity contribution is 5.25. The van der Waals surface area contributed by atoms with Gasteiger partial charge in [-0.15, -0.1) is 0 Å². The monoisotopic (exact) mass is 214 g/mol. The number of aliphatic hydroxyl groups excluding tert-OH is 1. The molecule has 0 radical (unpaired) electrons. The third-order valence-electron chi connectivity index (χ3n) is 2.61. The number of halogens is 2. The van der Waals surface area contributed by atoms with Crippen molar-refractivity contribution in [2.75, 3.05) is 0 Å². The Morgan fingerprint density at radius 1 is 1.27 bits per heavy atom. The largest absolute Gasteiger partial charge is 0.485 e. The summed E-state index contributed by atoms with van der Waals surface area (Å²) in [5, 5.41) is 9.47. The van der Waals surface area contributed by atoms with Crippen LogP contribution in [-0.4, -0.2) is 17.3 Å². The lowest BCUT2D eigenvalue weighted by Gasteiger charge is -2.17. The van der Waals surface area contributed by atoms with E-state index < -0.39 is 23.8 Å². The maximum atomic E-state index is 13.2. The van der Waals surface area contributed by atoms with Crippen LogP contribution in [0, 0.1) is 11.6 Å². The molecular weight excluding hydrogens is 202 g/mol. The molecule has 0 aliphatic heterocycles. The van der Waals surface area contributed by atoms with Crippen LogP contribution in [0.25, 0.3) is 0 Å². The molecule has 1 aliphatic rings. The number of benzene rings is 1. The fraction of sp³-hybridized carbons (Fsp3) is 0.455. The first kappa shape index (κ1) is 10.4. The van der Waals surface area contributed by atoms with Gasteiger partial charge in [-0.2, -0.15) is 4.39 Å². The molecule has 1 aliphatic carbocycles. The minimum absolute atomic E-state index is 0.124. The van der Waals surface area contributed by atoms with Gasteiger partial charge in [0.2, 0.25) is 5.82 Å². The van der Waals surface area contributed by atoms with Crippen LogP contribution >= 0.6 is 0 Å². The summed E-state index contributed by atoms with van der Waals surface area (Å²) in [6, 6.07) is 3.78. The second kappa shape index (κ2) is 4.14. The third kappa shape index (κ3) is 2.09. The minimum Gasteiger partial charge on any atom is -0.485 e. The van der Waals surface area contributed by atoms with Gasteiger partial charge in [-0.25, -0.2) is 4.39 Å². The minimum atomic E-state index is -0.989. The standard InChI is InChI=1S/C11H12F2O2/c12-7-3-1-6-10(11(7)13)15-9-5-2-4-8(9)14/h1,3,6,8-9,14H,2,4-5H2/t8-,9-/m1/s1. The molecule has 4 heteroatoms. The molecule has 0 unspecified atom stereocenters. The molecule has 2 atom stereocenters. The van der Waals surface area contributed by atoms with Gasteiger partial charge in [0.15, 0.2) is 11.6 Å². The quantitative estimate of drug-likeness (QED) is 0.818. The van der Waals surface area contributed by atoms with Crippen molar-refractivity contribution in [1.29, 1.82) is 0 Å². The van der Waals surface area contributed by atoms with Crippen LogP contribution < -0.4 is 4.74 Å². The molecule has 82 valence electrons. The Hall–Kier alpha value is -1.16. The predicted octanol–water partition coefficient (Wildman–Crippen LogP) is 2.26. The number of rotatable bonds is 2. The van der Waals surface area contributed by atoms with E-state index in [2.05, 4.69) is 0 Å². The third-order valence-corrected chi connectivity index (χ3v) is 2.61. The highest BCUT2D eigenvalue weighted by atomic mass is 19.2. The van der Waals surface area contributed by atoms with E-state index in [0.717, 1.165) is 12.5 Å². The summed E-state index contributed by atoms with van der Waals surface area (Å²) in [6.45, 7) is 0. The van der Waals surface area contributed by atoms with E-state index in [4.69, 9.17) is 4.74 Å². The van der Waals surface area contributed by atoms with E-state index in [9.17, 15) is 13.9 Å². The molecule has 1 fully saturated rings. The predicted molar refractivity (Wildman–Crippen MR) is 50.6 cm³/mol. The highest BCUT2D eigenvalue weighted by Gasteiger charge is 2.27. The van der Waals surface area contributed by atoms with Crippen molar-refractivity contribution in [3.63, 3.8) is 0 Å². The molecule has 0 heterocycles. The van der Waals surface area contributed by atoms with Crippen molar-refractivity contribution in [2.24, 2.45) is 0 Å². The summed E-state index contributed by atoms with van der Waals surface area (Å²) in [5.41, 5.74) is 0. The molecule has 0 amide bonds. The molecule has 15 heavy (non-hydrogen) atoms. The molecule has 0 bridgehead atoms. The molecule has 1 aromatic rings. The van der Waals surface area contributed by atoms with Crippen LogP contribution in [0.3, 0.4) is 0 Å². The molecule has 2 nitrogen and oxygen atoms in total. The molecule has 1 N–H and O–H groups in total. The highest BCUT2D eigenvalue weighted by Crippen LogP contribution is 2.27. The van der Waals surface area contributed by atoms with Gasteiger partial charge in [0.05, 0.1) is 6.10 Å². The Kier molecular flexibility index (Phi) is 2.86. The molecule has 2 rings (SSSR count). The summed E-state index contributed by atoms with van der Waals surface area (Å²) in [4.78, 5) is 0. The fourth-order valence-corrected chi connectivity index (χ4v) is 1.78. The molecule has 1 aromatic carbocycles. The maximum absolute atomic E-state index is 13.2. The van der Waals surface area contributed by atoms with E-state index in [1.165, 1.54) is 12.1 Å².